The van der Waals surface area contributed by atoms with Crippen LogP contribution in [-0.2, 0) is 0 Å². The fourth-order valence-corrected chi connectivity index (χ4v) is 0.694. The fourth-order valence-electron chi connectivity index (χ4n) is 0.694. The topological polar surface area (TPSA) is 28.7 Å². The molecule has 0 aliphatic carbocycles. The first kappa shape index (κ1) is 6.81. The van der Waals surface area contributed by atoms with Gasteiger partial charge in [-0.2, -0.15) is 0 Å². The predicted molar refractivity (Wildman–Crippen MR) is 42.6 cm³/mol. The Morgan fingerprint density at radius 2 is 2.50 bits per heavy atom. The van der Waals surface area contributed by atoms with Crippen LogP contribution in [-0.4, -0.2) is 9.97 Å². The molecule has 1 aromatic rings. The van der Waals surface area contributed by atoms with Crippen LogP contribution in [0.1, 0.15) is 11.5 Å². The Morgan fingerprint density at radius 1 is 1.80 bits per heavy atom. The summed E-state index contributed by atoms with van der Waals surface area (Å²) in [5, 5.41) is 0. The minimum Gasteiger partial charge on any atom is -0.342 e. The highest BCUT2D eigenvalue weighted by Gasteiger charge is 1.95. The molecular formula is C8H10N2. The molecule has 0 aromatic carbocycles. The maximum absolute atomic E-state index is 4.02. The molecule has 2 nitrogen and oxygen atoms in total. The number of H-pyrrole nitrogens is 1. The number of nitrogens with zero attached hydrogens (tertiary/aromatic N) is 1. The Labute approximate surface area is 60.3 Å². The third kappa shape index (κ3) is 1.16. The van der Waals surface area contributed by atoms with Gasteiger partial charge in [0.1, 0.15) is 5.82 Å². The second kappa shape index (κ2) is 2.52. The van der Waals surface area contributed by atoms with Crippen molar-refractivity contribution in [3.05, 3.63) is 36.9 Å². The zero-order valence-corrected chi connectivity index (χ0v) is 6.02. The summed E-state index contributed by atoms with van der Waals surface area (Å²) in [5.41, 5.74) is 1.81. The van der Waals surface area contributed by atoms with Crippen LogP contribution in [0.25, 0.3) is 5.57 Å². The van der Waals surface area contributed by atoms with Gasteiger partial charge in [0, 0.05) is 0 Å². The van der Waals surface area contributed by atoms with Gasteiger partial charge in [-0.3, -0.25) is 0 Å². The summed E-state index contributed by atoms with van der Waals surface area (Å²) in [5.74, 6) is 0.901. The van der Waals surface area contributed by atoms with Gasteiger partial charge in [0.2, 0.25) is 0 Å². The molecule has 1 heterocycles. The number of rotatable bonds is 2. The molecule has 0 spiro atoms. The summed E-state index contributed by atoms with van der Waals surface area (Å²) < 4.78 is 0. The van der Waals surface area contributed by atoms with Gasteiger partial charge in [0.25, 0.3) is 0 Å². The number of imidazole rings is 1. The van der Waals surface area contributed by atoms with Crippen LogP contribution in [0.2, 0.25) is 0 Å². The molecule has 0 amide bonds. The van der Waals surface area contributed by atoms with Crippen LogP contribution in [0.15, 0.2) is 25.4 Å². The van der Waals surface area contributed by atoms with Crippen molar-refractivity contribution in [3.8, 4) is 0 Å². The van der Waals surface area contributed by atoms with E-state index in [-0.39, 0.29) is 0 Å². The summed E-state index contributed by atoms with van der Waals surface area (Å²) in [7, 11) is 0. The van der Waals surface area contributed by atoms with E-state index in [1.807, 2.05) is 6.92 Å². The molecule has 10 heavy (non-hydrogen) atoms. The van der Waals surface area contributed by atoms with Gasteiger partial charge in [-0.1, -0.05) is 19.2 Å². The Bertz CT molecular complexity index is 258. The molecule has 0 saturated heterocycles. The number of hydrogen-bond donors (Lipinski definition) is 1. The van der Waals surface area contributed by atoms with Crippen LogP contribution in [0, 0.1) is 6.92 Å². The van der Waals surface area contributed by atoms with Gasteiger partial charge in [0.05, 0.1) is 11.9 Å². The molecule has 1 rings (SSSR count). The average molecular weight is 134 g/mol. The van der Waals surface area contributed by atoms with Crippen molar-refractivity contribution in [2.24, 2.45) is 0 Å². The largest absolute Gasteiger partial charge is 0.342 e. The van der Waals surface area contributed by atoms with Crippen molar-refractivity contribution in [2.45, 2.75) is 6.92 Å². The number of nitrogens with one attached hydrogen (secondary N) is 1. The van der Waals surface area contributed by atoms with Crippen LogP contribution < -0.4 is 0 Å². The lowest BCUT2D eigenvalue weighted by Gasteiger charge is -1.90. The first-order valence-corrected chi connectivity index (χ1v) is 3.07. The summed E-state index contributed by atoms with van der Waals surface area (Å²) >= 11 is 0. The standard InChI is InChI=1S/C8H10N2/c1-4-6(2)8-5-9-7(3)10-8/h4-5H,1-2H2,3H3,(H,9,10). The molecule has 1 N–H and O–H groups in total. The Hall–Kier alpha value is -1.31. The normalized spacial score (nSPS) is 9.30. The summed E-state index contributed by atoms with van der Waals surface area (Å²) in [6, 6.07) is 0. The molecule has 0 bridgehead atoms. The molecule has 0 radical (unpaired) electrons. The van der Waals surface area contributed by atoms with Gasteiger partial charge in [0.15, 0.2) is 0 Å². The number of aromatic amines is 1. The van der Waals surface area contributed by atoms with E-state index in [9.17, 15) is 0 Å². The van der Waals surface area contributed by atoms with Crippen LogP contribution >= 0.6 is 0 Å². The van der Waals surface area contributed by atoms with E-state index in [1.165, 1.54) is 0 Å². The van der Waals surface area contributed by atoms with Crippen molar-refractivity contribution in [1.82, 2.24) is 9.97 Å². The van der Waals surface area contributed by atoms with E-state index in [1.54, 1.807) is 12.3 Å². The molecule has 0 fully saturated rings. The van der Waals surface area contributed by atoms with E-state index < -0.39 is 0 Å². The molecule has 0 aliphatic rings. The monoisotopic (exact) mass is 134 g/mol. The smallest absolute Gasteiger partial charge is 0.103 e. The van der Waals surface area contributed by atoms with Gasteiger partial charge < -0.3 is 4.98 Å². The summed E-state index contributed by atoms with van der Waals surface area (Å²) in [6.45, 7) is 9.27. The second-order valence-electron chi connectivity index (χ2n) is 2.11. The van der Waals surface area contributed by atoms with Crippen molar-refractivity contribution >= 4 is 5.57 Å². The Balaban J connectivity index is 2.95. The van der Waals surface area contributed by atoms with Crippen molar-refractivity contribution in [1.29, 1.82) is 0 Å². The average Bonchev–Trinajstić information content (AvgIpc) is 2.34. The molecule has 0 unspecified atom stereocenters. The lowest BCUT2D eigenvalue weighted by molar-refractivity contribution is 1.14. The molecule has 0 atom stereocenters. The third-order valence-corrected chi connectivity index (χ3v) is 1.30. The van der Waals surface area contributed by atoms with E-state index >= 15 is 0 Å². The van der Waals surface area contributed by atoms with Crippen molar-refractivity contribution < 1.29 is 0 Å². The number of aryl methyl sites for hydroxylation is 1. The lowest BCUT2D eigenvalue weighted by atomic mass is 10.2. The van der Waals surface area contributed by atoms with Crippen molar-refractivity contribution in [3.63, 3.8) is 0 Å². The third-order valence-electron chi connectivity index (χ3n) is 1.30. The highest BCUT2D eigenvalue weighted by Crippen LogP contribution is 2.08. The van der Waals surface area contributed by atoms with Gasteiger partial charge in [-0.25, -0.2) is 4.98 Å². The minimum atomic E-state index is 0.876. The highest BCUT2D eigenvalue weighted by molar-refractivity contribution is 5.68. The number of hydrogen-bond acceptors (Lipinski definition) is 1. The van der Waals surface area contributed by atoms with Crippen LogP contribution in [0.5, 0.6) is 0 Å². The minimum absolute atomic E-state index is 0.876. The van der Waals surface area contributed by atoms with E-state index in [2.05, 4.69) is 23.1 Å². The zero-order chi connectivity index (χ0) is 7.56. The lowest BCUT2D eigenvalue weighted by Crippen LogP contribution is -1.77. The maximum atomic E-state index is 4.02. The van der Waals surface area contributed by atoms with E-state index in [0.717, 1.165) is 17.1 Å². The van der Waals surface area contributed by atoms with Crippen LogP contribution in [0.3, 0.4) is 0 Å². The summed E-state index contributed by atoms with van der Waals surface area (Å²) in [4.78, 5) is 7.07. The van der Waals surface area contributed by atoms with Gasteiger partial charge in [-0.15, -0.1) is 0 Å². The van der Waals surface area contributed by atoms with Gasteiger partial charge >= 0.3 is 0 Å². The van der Waals surface area contributed by atoms with E-state index in [4.69, 9.17) is 0 Å². The highest BCUT2D eigenvalue weighted by atomic mass is 14.9. The fraction of sp³-hybridized carbons (Fsp3) is 0.125. The quantitative estimate of drug-likeness (QED) is 0.615. The Morgan fingerprint density at radius 3 is 2.90 bits per heavy atom. The Kier molecular flexibility index (Phi) is 1.71. The maximum Gasteiger partial charge on any atom is 0.103 e. The first-order chi connectivity index (χ1) is 4.74. The molecule has 52 valence electrons. The van der Waals surface area contributed by atoms with Crippen LogP contribution in [0.4, 0.5) is 0 Å². The molecular weight excluding hydrogens is 124 g/mol. The summed E-state index contributed by atoms with van der Waals surface area (Å²) in [6.07, 6.45) is 3.45. The molecule has 0 aliphatic heterocycles. The molecule has 1 aromatic heterocycles. The predicted octanol–water partition coefficient (Wildman–Crippen LogP) is 1.92. The van der Waals surface area contributed by atoms with Crippen molar-refractivity contribution in [2.75, 3.05) is 0 Å². The molecule has 0 saturated carbocycles. The van der Waals surface area contributed by atoms with E-state index in [0.29, 0.717) is 0 Å². The first-order valence-electron chi connectivity index (χ1n) is 3.07. The second-order valence-corrected chi connectivity index (χ2v) is 2.11. The molecule has 2 heteroatoms. The zero-order valence-electron chi connectivity index (χ0n) is 6.02. The van der Waals surface area contributed by atoms with Gasteiger partial charge in [-0.05, 0) is 12.5 Å². The number of aromatic nitrogens is 2. The number of allylic oxidation sites excluding steroid dienone is 2. The SMILES string of the molecule is C=CC(=C)c1cnc(C)[nH]1.